The summed E-state index contributed by atoms with van der Waals surface area (Å²) in [6.45, 7) is 4.83. The van der Waals surface area contributed by atoms with Crippen molar-refractivity contribution in [2.24, 2.45) is 11.8 Å². The van der Waals surface area contributed by atoms with E-state index in [4.69, 9.17) is 0 Å². The molecule has 3 atom stereocenters. The van der Waals surface area contributed by atoms with Crippen LogP contribution in [0.25, 0.3) is 0 Å². The third-order valence-electron chi connectivity index (χ3n) is 5.56. The minimum absolute atomic E-state index is 0.226. The molecule has 1 aromatic rings. The molecule has 108 valence electrons. The highest BCUT2D eigenvalue weighted by Gasteiger charge is 2.50. The molecule has 3 unspecified atom stereocenters. The quantitative estimate of drug-likeness (QED) is 0.479. The zero-order valence-corrected chi connectivity index (χ0v) is 15.4. The van der Waals surface area contributed by atoms with E-state index in [2.05, 4.69) is 88.2 Å². The second-order valence-electron chi connectivity index (χ2n) is 6.93. The Bertz CT molecular complexity index is 706. The highest BCUT2D eigenvalue weighted by molar-refractivity contribution is 9.11. The van der Waals surface area contributed by atoms with Crippen molar-refractivity contribution in [3.8, 4) is 0 Å². The number of rotatable bonds is 0. The van der Waals surface area contributed by atoms with Crippen molar-refractivity contribution in [2.45, 2.75) is 31.6 Å². The lowest BCUT2D eigenvalue weighted by Gasteiger charge is -2.39. The number of fused-ring (bicyclic) bond motifs is 4. The van der Waals surface area contributed by atoms with Gasteiger partial charge in [0.1, 0.15) is 0 Å². The van der Waals surface area contributed by atoms with Gasteiger partial charge in [0.15, 0.2) is 0 Å². The van der Waals surface area contributed by atoms with Crippen molar-refractivity contribution in [1.29, 1.82) is 0 Å². The molecule has 0 amide bonds. The van der Waals surface area contributed by atoms with Gasteiger partial charge in [-0.1, -0.05) is 76.1 Å². The molecule has 1 aromatic carbocycles. The fourth-order valence-electron chi connectivity index (χ4n) is 4.43. The first-order chi connectivity index (χ1) is 10.00. The standard InChI is InChI=1S/C19H18Br2/c1-19(2)15-10-12(20)7-8-14(15)17-16(19)9-11-5-3-4-6-13(11)18(17)21/h3-8,10-11,16-17H,9H2,1-2H3. The Labute approximate surface area is 143 Å². The van der Waals surface area contributed by atoms with Crippen LogP contribution in [0.2, 0.25) is 0 Å². The molecule has 0 N–H and O–H groups in total. The lowest BCUT2D eigenvalue weighted by molar-refractivity contribution is 0.275. The minimum atomic E-state index is 0.226. The molecule has 0 bridgehead atoms. The van der Waals surface area contributed by atoms with E-state index >= 15 is 0 Å². The van der Waals surface area contributed by atoms with Gasteiger partial charge in [-0.15, -0.1) is 0 Å². The number of hydrogen-bond acceptors (Lipinski definition) is 0. The molecule has 0 saturated carbocycles. The van der Waals surface area contributed by atoms with Gasteiger partial charge in [-0.3, -0.25) is 0 Å². The number of hydrogen-bond donors (Lipinski definition) is 0. The van der Waals surface area contributed by atoms with Crippen molar-refractivity contribution >= 4 is 31.9 Å². The molecule has 0 fully saturated rings. The molecule has 0 aliphatic heterocycles. The van der Waals surface area contributed by atoms with Gasteiger partial charge in [-0.05, 0) is 46.6 Å². The Morgan fingerprint density at radius 3 is 2.76 bits per heavy atom. The van der Waals surface area contributed by atoms with E-state index in [1.807, 2.05) is 0 Å². The predicted octanol–water partition coefficient (Wildman–Crippen LogP) is 6.24. The summed E-state index contributed by atoms with van der Waals surface area (Å²) in [5.41, 5.74) is 4.72. The summed E-state index contributed by atoms with van der Waals surface area (Å²) < 4.78 is 2.59. The van der Waals surface area contributed by atoms with Crippen molar-refractivity contribution in [3.05, 3.63) is 68.2 Å². The van der Waals surface area contributed by atoms with E-state index in [9.17, 15) is 0 Å². The lowest BCUT2D eigenvalue weighted by atomic mass is 9.66. The Hall–Kier alpha value is -0.600. The maximum Gasteiger partial charge on any atom is 0.0198 e. The van der Waals surface area contributed by atoms with Crippen LogP contribution in [0, 0.1) is 11.8 Å². The van der Waals surface area contributed by atoms with Crippen LogP contribution in [0.15, 0.2) is 57.0 Å². The number of benzene rings is 1. The molecule has 3 aliphatic rings. The third kappa shape index (κ3) is 1.91. The zero-order chi connectivity index (χ0) is 14.8. The van der Waals surface area contributed by atoms with E-state index in [0.29, 0.717) is 17.8 Å². The van der Waals surface area contributed by atoms with E-state index in [0.717, 1.165) is 0 Å². The van der Waals surface area contributed by atoms with Gasteiger partial charge in [-0.2, -0.15) is 0 Å². The molecule has 0 saturated heterocycles. The Morgan fingerprint density at radius 2 is 1.95 bits per heavy atom. The van der Waals surface area contributed by atoms with Crippen LogP contribution in [0.1, 0.15) is 37.3 Å². The van der Waals surface area contributed by atoms with Gasteiger partial charge in [0.2, 0.25) is 0 Å². The van der Waals surface area contributed by atoms with Gasteiger partial charge in [0.05, 0.1) is 0 Å². The molecular weight excluding hydrogens is 388 g/mol. The first kappa shape index (κ1) is 14.0. The van der Waals surface area contributed by atoms with Gasteiger partial charge < -0.3 is 0 Å². The topological polar surface area (TPSA) is 0 Å². The summed E-state index contributed by atoms with van der Waals surface area (Å²) >= 11 is 7.61. The first-order valence-corrected chi connectivity index (χ1v) is 9.13. The minimum Gasteiger partial charge on any atom is -0.0770 e. The first-order valence-electron chi connectivity index (χ1n) is 7.54. The fourth-order valence-corrected chi connectivity index (χ4v) is 5.79. The van der Waals surface area contributed by atoms with E-state index in [1.165, 1.54) is 32.1 Å². The normalized spacial score (nSPS) is 31.9. The van der Waals surface area contributed by atoms with Gasteiger partial charge >= 0.3 is 0 Å². The molecular formula is C19H18Br2. The molecule has 0 spiro atoms. The molecule has 0 heterocycles. The summed E-state index contributed by atoms with van der Waals surface area (Å²) in [5, 5.41) is 0. The summed E-state index contributed by atoms with van der Waals surface area (Å²) in [5.74, 6) is 1.76. The second-order valence-corrected chi connectivity index (χ2v) is 8.70. The van der Waals surface area contributed by atoms with Gasteiger partial charge in [0.25, 0.3) is 0 Å². The predicted molar refractivity (Wildman–Crippen MR) is 95.7 cm³/mol. The molecule has 3 aliphatic carbocycles. The Morgan fingerprint density at radius 1 is 1.14 bits per heavy atom. The van der Waals surface area contributed by atoms with Gasteiger partial charge in [0, 0.05) is 20.8 Å². The lowest BCUT2D eigenvalue weighted by Crippen LogP contribution is -2.31. The molecule has 0 aromatic heterocycles. The van der Waals surface area contributed by atoms with Gasteiger partial charge in [-0.25, -0.2) is 0 Å². The second kappa shape index (κ2) is 4.70. The maximum atomic E-state index is 3.96. The number of allylic oxidation sites excluding steroid dienone is 6. The highest BCUT2D eigenvalue weighted by Crippen LogP contribution is 2.61. The molecule has 21 heavy (non-hydrogen) atoms. The molecule has 4 rings (SSSR count). The molecule has 0 nitrogen and oxygen atoms in total. The van der Waals surface area contributed by atoms with Crippen molar-refractivity contribution in [2.75, 3.05) is 0 Å². The largest absolute Gasteiger partial charge is 0.0770 e. The van der Waals surface area contributed by atoms with Crippen LogP contribution in [-0.4, -0.2) is 0 Å². The average molecular weight is 406 g/mol. The Kier molecular flexibility index (Phi) is 3.14. The van der Waals surface area contributed by atoms with E-state index in [-0.39, 0.29) is 5.41 Å². The van der Waals surface area contributed by atoms with Crippen LogP contribution >= 0.6 is 31.9 Å². The zero-order valence-electron chi connectivity index (χ0n) is 12.2. The summed E-state index contributed by atoms with van der Waals surface area (Å²) in [4.78, 5) is 0. The summed E-state index contributed by atoms with van der Waals surface area (Å²) in [6, 6.07) is 6.83. The molecule has 0 radical (unpaired) electrons. The fraction of sp³-hybridized carbons (Fsp3) is 0.368. The van der Waals surface area contributed by atoms with Crippen molar-refractivity contribution < 1.29 is 0 Å². The smallest absolute Gasteiger partial charge is 0.0198 e. The SMILES string of the molecule is CC1(C)c2cc(Br)ccc2C2C(Br)=C3C=CC=CC3CC21. The van der Waals surface area contributed by atoms with Crippen LogP contribution in [-0.2, 0) is 5.41 Å². The maximum absolute atomic E-state index is 3.96. The third-order valence-corrected chi connectivity index (χ3v) is 7.00. The van der Waals surface area contributed by atoms with Crippen LogP contribution < -0.4 is 0 Å². The van der Waals surface area contributed by atoms with Crippen LogP contribution in [0.4, 0.5) is 0 Å². The van der Waals surface area contributed by atoms with Crippen molar-refractivity contribution in [3.63, 3.8) is 0 Å². The Balaban J connectivity index is 1.93. The highest BCUT2D eigenvalue weighted by atomic mass is 79.9. The van der Waals surface area contributed by atoms with E-state index in [1.54, 1.807) is 0 Å². The number of halogens is 2. The average Bonchev–Trinajstić information content (AvgIpc) is 2.68. The molecule has 2 heteroatoms. The van der Waals surface area contributed by atoms with Crippen LogP contribution in [0.3, 0.4) is 0 Å². The summed E-state index contributed by atoms with van der Waals surface area (Å²) in [6.07, 6.45) is 10.3. The van der Waals surface area contributed by atoms with E-state index < -0.39 is 0 Å². The van der Waals surface area contributed by atoms with Crippen LogP contribution in [0.5, 0.6) is 0 Å². The van der Waals surface area contributed by atoms with Crippen molar-refractivity contribution in [1.82, 2.24) is 0 Å². The monoisotopic (exact) mass is 404 g/mol. The summed E-state index contributed by atoms with van der Waals surface area (Å²) in [7, 11) is 0.